The fourth-order valence-electron chi connectivity index (χ4n) is 16.8. The Bertz CT molecular complexity index is 3380. The summed E-state index contributed by atoms with van der Waals surface area (Å²) in [5, 5.41) is 33.5. The number of alkyl halides is 2. The lowest BCUT2D eigenvalue weighted by Crippen LogP contribution is -2.49. The zero-order chi connectivity index (χ0) is 59.7. The number of rotatable bonds is 12. The molecule has 4 saturated heterocycles. The van der Waals surface area contributed by atoms with Gasteiger partial charge in [0.1, 0.15) is 0 Å². The Kier molecular flexibility index (Phi) is 16.4. The summed E-state index contributed by atoms with van der Waals surface area (Å²) in [6, 6.07) is 11.1. The van der Waals surface area contributed by atoms with Crippen LogP contribution in [-0.4, -0.2) is 152 Å². The van der Waals surface area contributed by atoms with E-state index in [0.29, 0.717) is 85.4 Å². The van der Waals surface area contributed by atoms with Gasteiger partial charge in [-0.2, -0.15) is 20.6 Å². The average Bonchev–Trinajstić information content (AvgIpc) is 2.03. The van der Waals surface area contributed by atoms with Crippen molar-refractivity contribution >= 4 is 34.8 Å². The van der Waals surface area contributed by atoms with Crippen molar-refractivity contribution < 1.29 is 18.4 Å². The zero-order valence-electron chi connectivity index (χ0n) is 52.1. The molecule has 5 aromatic rings. The number of carbonyl (C=O) groups excluding carboxylic acids is 2. The molecule has 0 aliphatic carbocycles. The lowest BCUT2D eigenvalue weighted by Gasteiger charge is -2.44. The molecule has 2 amide bonds. The quantitative estimate of drug-likeness (QED) is 0.122. The standard InChI is InChI=1S/C67H91F2N15O2/c1-42-27-63-55(30-48(42)32-70)46(11-26-82(63)66-59-40-80(45(4)86)25-17-61(59)84(75-66)52-12-20-77(21-13-52)37-51-10-18-71-41-67(51,5)6)28-49-34-72-33-43(2)57(49)38-78-22-14-53(15-23-78)83-60-16-24-79(44(3)85)39-58(60)65(74-83)81-19-8-9-47-29-54(50-35-73-76(7)36-50)56(64(68)69)31-62(47)81/h27,29-31,35-36,43,46,49,51-53,57,64,71-72H,8-26,28,33-34,37-41H2,1-7H3/t43-,46?,49+,51?,57+/m1/s1. The van der Waals surface area contributed by atoms with Crippen molar-refractivity contribution in [3.63, 3.8) is 0 Å². The van der Waals surface area contributed by atoms with Crippen LogP contribution in [0, 0.1) is 47.3 Å². The van der Waals surface area contributed by atoms with Gasteiger partial charge >= 0.3 is 0 Å². The molecule has 2 aromatic carbocycles. The van der Waals surface area contributed by atoms with Gasteiger partial charge in [0.15, 0.2) is 11.6 Å². The maximum atomic E-state index is 15.0. The summed E-state index contributed by atoms with van der Waals surface area (Å²) in [7, 11) is 1.80. The molecule has 0 spiro atoms. The van der Waals surface area contributed by atoms with Crippen LogP contribution >= 0.6 is 0 Å². The van der Waals surface area contributed by atoms with E-state index < -0.39 is 6.43 Å². The van der Waals surface area contributed by atoms with Gasteiger partial charge in [-0.05, 0) is 166 Å². The molecule has 13 rings (SSSR count). The molecule has 3 aromatic heterocycles. The van der Waals surface area contributed by atoms with E-state index in [2.05, 4.69) is 90.6 Å². The zero-order valence-corrected chi connectivity index (χ0v) is 52.1. The Labute approximate surface area is 507 Å². The van der Waals surface area contributed by atoms with Crippen molar-refractivity contribution in [2.45, 2.75) is 150 Å². The SMILES string of the molecule is CC(=O)N1CCc2c(c(N3CCCc4cc(-c5cnn(C)c5)c(C(F)F)cc43)nn2C2CCN(C[C@@H]3[C@@H](CC4CCN(c5nn(C6CCN(CC7CCNCC7(C)C)CC6)c6c5CN(C(C)=O)CC6)c5cc(C)c(C#N)cc54)CNC[C@H]3C)CC2)C1. The maximum Gasteiger partial charge on any atom is 0.264 e. The van der Waals surface area contributed by atoms with Crippen molar-refractivity contribution in [1.29, 1.82) is 5.26 Å². The highest BCUT2D eigenvalue weighted by molar-refractivity contribution is 5.79. The molecule has 2 unspecified atom stereocenters. The van der Waals surface area contributed by atoms with Gasteiger partial charge in [-0.3, -0.25) is 23.6 Å². The Morgan fingerprint density at radius 3 is 2.00 bits per heavy atom. The number of benzene rings is 2. The molecular formula is C67H91F2N15O2. The van der Waals surface area contributed by atoms with E-state index in [0.717, 1.165) is 175 Å². The van der Waals surface area contributed by atoms with E-state index in [1.54, 1.807) is 44.0 Å². The molecule has 0 saturated carbocycles. The van der Waals surface area contributed by atoms with Gasteiger partial charge in [-0.25, -0.2) is 8.78 Å². The van der Waals surface area contributed by atoms with E-state index in [1.165, 1.54) is 28.9 Å². The minimum absolute atomic E-state index is 0.00622. The highest BCUT2D eigenvalue weighted by Crippen LogP contribution is 2.49. The van der Waals surface area contributed by atoms with Crippen molar-refractivity contribution in [1.82, 2.24) is 59.6 Å². The molecule has 17 nitrogen and oxygen atoms in total. The van der Waals surface area contributed by atoms with Crippen LogP contribution in [0.4, 0.5) is 31.8 Å². The normalized spacial score (nSPS) is 25.0. The molecule has 8 aliphatic heterocycles. The highest BCUT2D eigenvalue weighted by atomic mass is 19.3. The summed E-state index contributed by atoms with van der Waals surface area (Å²) < 4.78 is 36.3. The Morgan fingerprint density at radius 1 is 0.767 bits per heavy atom. The minimum atomic E-state index is -2.67. The van der Waals surface area contributed by atoms with Crippen LogP contribution in [0.2, 0.25) is 0 Å². The number of halogens is 2. The number of likely N-dealkylation sites (tertiary alicyclic amines) is 2. The van der Waals surface area contributed by atoms with E-state index in [1.807, 2.05) is 15.9 Å². The van der Waals surface area contributed by atoms with Crippen molar-refractivity contribution in [2.24, 2.45) is 36.1 Å². The first kappa shape index (κ1) is 58.8. The Balaban J connectivity index is 0.725. The van der Waals surface area contributed by atoms with Gasteiger partial charge in [-0.15, -0.1) is 0 Å². The fraction of sp³-hybridized carbons (Fsp3) is 0.642. The van der Waals surface area contributed by atoms with E-state index in [-0.39, 0.29) is 29.3 Å². The molecule has 0 radical (unpaired) electrons. The molecule has 460 valence electrons. The molecule has 19 heteroatoms. The van der Waals surface area contributed by atoms with Crippen molar-refractivity contribution in [3.8, 4) is 17.2 Å². The number of nitrogens with zero attached hydrogens (tertiary/aromatic N) is 13. The number of carbonyl (C=O) groups is 2. The molecule has 86 heavy (non-hydrogen) atoms. The molecular weight excluding hydrogens is 1080 g/mol. The number of hydrogen-bond acceptors (Lipinski definition) is 12. The number of nitriles is 1. The topological polar surface area (TPSA) is 155 Å². The first-order valence-electron chi connectivity index (χ1n) is 32.6. The van der Waals surface area contributed by atoms with Gasteiger partial charge in [0.05, 0.1) is 43.0 Å². The Morgan fingerprint density at radius 2 is 1.41 bits per heavy atom. The number of anilines is 4. The lowest BCUT2D eigenvalue weighted by atomic mass is 9.72. The van der Waals surface area contributed by atoms with Gasteiger partial charge in [0, 0.05) is 157 Å². The van der Waals surface area contributed by atoms with Gasteiger partial charge in [0.2, 0.25) is 11.8 Å². The van der Waals surface area contributed by atoms with Gasteiger partial charge in [-0.1, -0.05) is 20.8 Å². The number of nitrogens with one attached hydrogen (secondary N) is 2. The van der Waals surface area contributed by atoms with E-state index >= 15 is 8.78 Å². The smallest absolute Gasteiger partial charge is 0.264 e. The summed E-state index contributed by atoms with van der Waals surface area (Å²) in [4.78, 5) is 39.9. The largest absolute Gasteiger partial charge is 0.338 e. The summed E-state index contributed by atoms with van der Waals surface area (Å²) in [5.41, 5.74) is 12.1. The third kappa shape index (κ3) is 11.3. The highest BCUT2D eigenvalue weighted by Gasteiger charge is 2.42. The second kappa shape index (κ2) is 24.1. The van der Waals surface area contributed by atoms with Crippen LogP contribution in [0.25, 0.3) is 11.1 Å². The van der Waals surface area contributed by atoms with E-state index in [4.69, 9.17) is 10.2 Å². The third-order valence-corrected chi connectivity index (χ3v) is 22.0. The van der Waals surface area contributed by atoms with Crippen LogP contribution in [0.3, 0.4) is 0 Å². The summed E-state index contributed by atoms with van der Waals surface area (Å²) in [5.74, 6) is 4.32. The summed E-state index contributed by atoms with van der Waals surface area (Å²) in [6.45, 7) is 26.9. The third-order valence-electron chi connectivity index (χ3n) is 22.0. The van der Waals surface area contributed by atoms with Crippen LogP contribution in [0.1, 0.15) is 161 Å². The molecule has 11 heterocycles. The van der Waals surface area contributed by atoms with Crippen LogP contribution < -0.4 is 20.4 Å². The second-order valence-electron chi connectivity index (χ2n) is 27.8. The molecule has 5 atom stereocenters. The lowest BCUT2D eigenvalue weighted by molar-refractivity contribution is -0.130. The van der Waals surface area contributed by atoms with Gasteiger partial charge < -0.3 is 40.0 Å². The maximum absolute atomic E-state index is 15.0. The molecule has 2 N–H and O–H groups in total. The fourth-order valence-corrected chi connectivity index (χ4v) is 16.8. The predicted octanol–water partition coefficient (Wildman–Crippen LogP) is 9.59. The van der Waals surface area contributed by atoms with Crippen LogP contribution in [-0.2, 0) is 49.0 Å². The predicted molar refractivity (Wildman–Crippen MR) is 331 cm³/mol. The average molecular weight is 1180 g/mol. The number of fused-ring (bicyclic) bond motifs is 4. The van der Waals surface area contributed by atoms with Crippen LogP contribution in [0.5, 0.6) is 0 Å². The summed E-state index contributed by atoms with van der Waals surface area (Å²) >= 11 is 0. The monoisotopic (exact) mass is 1180 g/mol. The number of hydrogen-bond donors (Lipinski definition) is 2. The molecule has 4 fully saturated rings. The van der Waals surface area contributed by atoms with Gasteiger partial charge in [0.25, 0.3) is 6.43 Å². The van der Waals surface area contributed by atoms with Crippen molar-refractivity contribution in [3.05, 3.63) is 87.0 Å². The number of amides is 2. The Hall–Kier alpha value is -6.20. The minimum Gasteiger partial charge on any atom is -0.338 e. The first-order chi connectivity index (χ1) is 41.5. The number of aryl methyl sites for hydroxylation is 3. The number of aromatic nitrogens is 6. The molecule has 8 aliphatic rings. The molecule has 0 bridgehead atoms. The van der Waals surface area contributed by atoms with Crippen molar-refractivity contribution in [2.75, 3.05) is 101 Å². The number of piperidine rings is 4. The van der Waals surface area contributed by atoms with Crippen LogP contribution in [0.15, 0.2) is 36.7 Å². The first-order valence-corrected chi connectivity index (χ1v) is 32.6. The summed E-state index contributed by atoms with van der Waals surface area (Å²) in [6.07, 6.45) is 11.2. The van der Waals surface area contributed by atoms with E-state index in [9.17, 15) is 14.9 Å². The second-order valence-corrected chi connectivity index (χ2v) is 27.8.